The number of nitrogens with two attached hydrogens (primary N) is 1. The number of H-pyrrole nitrogens is 1. The number of amides is 2. The molecule has 0 fully saturated rings. The van der Waals surface area contributed by atoms with E-state index in [4.69, 9.17) is 19.4 Å². The summed E-state index contributed by atoms with van der Waals surface area (Å²) < 4.78 is 45.5. The number of ether oxygens (including phenoxy) is 2. The van der Waals surface area contributed by atoms with Gasteiger partial charge in [-0.15, -0.1) is 0 Å². The second-order valence-corrected chi connectivity index (χ2v) is 17.8. The number of aryl methyl sites for hydroxylation is 1. The number of thiol groups is 1. The number of carbonyl (C=O) groups excluding carboxylic acids is 2. The highest BCUT2D eigenvalue weighted by Crippen LogP contribution is 2.36. The third kappa shape index (κ3) is 10.5. The molecule has 0 saturated carbocycles. The maximum Gasteiger partial charge on any atom is 0.255 e. The minimum atomic E-state index is -4.19. The fourth-order valence-electron chi connectivity index (χ4n) is 7.72. The van der Waals surface area contributed by atoms with E-state index in [1.165, 1.54) is 55.8 Å². The summed E-state index contributed by atoms with van der Waals surface area (Å²) in [5.41, 5.74) is 11.5. The summed E-state index contributed by atoms with van der Waals surface area (Å²) >= 11 is 4.18. The summed E-state index contributed by atoms with van der Waals surface area (Å²) in [6.45, 7) is 3.11. The van der Waals surface area contributed by atoms with Gasteiger partial charge in [0.05, 0.1) is 39.2 Å². The normalized spacial score (nSPS) is 11.9. The Balaban J connectivity index is 0.912. The number of sulfone groups is 1. The summed E-state index contributed by atoms with van der Waals surface area (Å²) in [5.74, 6) is -0.123. The number of carbonyl (C=O) groups is 2. The zero-order valence-corrected chi connectivity index (χ0v) is 38.1. The molecule has 0 aliphatic heterocycles. The van der Waals surface area contributed by atoms with Gasteiger partial charge < -0.3 is 40.3 Å². The molecule has 8 rings (SSSR count). The van der Waals surface area contributed by atoms with Crippen LogP contribution in [0.5, 0.6) is 11.5 Å². The predicted molar refractivity (Wildman–Crippen MR) is 262 cm³/mol. The van der Waals surface area contributed by atoms with Gasteiger partial charge >= 0.3 is 0 Å². The van der Waals surface area contributed by atoms with E-state index in [2.05, 4.69) is 38.8 Å². The number of nitrogens with zero attached hydrogens (tertiary/aromatic N) is 1. The molecule has 0 unspecified atom stereocenters. The molecule has 6 N–H and O–H groups in total. The van der Waals surface area contributed by atoms with Crippen molar-refractivity contribution in [2.45, 2.75) is 35.8 Å². The molecule has 8 aromatic rings. The van der Waals surface area contributed by atoms with Crippen molar-refractivity contribution in [1.29, 1.82) is 0 Å². The number of anilines is 3. The van der Waals surface area contributed by atoms with E-state index < -0.39 is 27.8 Å². The highest BCUT2D eigenvalue weighted by molar-refractivity contribution is 7.91. The van der Waals surface area contributed by atoms with Crippen molar-refractivity contribution in [3.8, 4) is 11.5 Å². The van der Waals surface area contributed by atoms with Crippen molar-refractivity contribution in [3.05, 3.63) is 189 Å². The molecule has 0 spiro atoms. The van der Waals surface area contributed by atoms with E-state index in [1.807, 2.05) is 54.6 Å². The summed E-state index contributed by atoms with van der Waals surface area (Å²) in [4.78, 5) is 45.6. The zero-order chi connectivity index (χ0) is 47.1. The first-order valence-corrected chi connectivity index (χ1v) is 23.0. The number of nitrogens with one attached hydrogen (secondary N) is 4. The van der Waals surface area contributed by atoms with Gasteiger partial charge in [0.2, 0.25) is 15.4 Å². The van der Waals surface area contributed by atoms with E-state index in [1.54, 1.807) is 49.4 Å². The Bertz CT molecular complexity index is 3290. The number of pyridine rings is 2. The smallest absolute Gasteiger partial charge is 0.255 e. The molecule has 2 heterocycles. The van der Waals surface area contributed by atoms with Crippen LogP contribution >= 0.6 is 12.9 Å². The number of benzene rings is 6. The van der Waals surface area contributed by atoms with Gasteiger partial charge in [0.25, 0.3) is 11.8 Å². The van der Waals surface area contributed by atoms with Crippen molar-refractivity contribution in [3.63, 3.8) is 0 Å². The average molecular weight is 935 g/mol. The van der Waals surface area contributed by atoms with Gasteiger partial charge in [-0.05, 0) is 122 Å². The third-order valence-electron chi connectivity index (χ3n) is 11.2. The quantitative estimate of drug-likeness (QED) is 0.0273. The van der Waals surface area contributed by atoms with E-state index in [0.29, 0.717) is 71.0 Å². The van der Waals surface area contributed by atoms with Gasteiger partial charge in [-0.1, -0.05) is 60.7 Å². The zero-order valence-electron chi connectivity index (χ0n) is 36.4. The Labute approximate surface area is 392 Å². The highest BCUT2D eigenvalue weighted by Gasteiger charge is 2.24. The second kappa shape index (κ2) is 20.3. The van der Waals surface area contributed by atoms with Gasteiger partial charge in [0, 0.05) is 52.6 Å². The molecule has 0 radical (unpaired) electrons. The molecule has 67 heavy (non-hydrogen) atoms. The Morgan fingerprint density at radius 1 is 0.821 bits per heavy atom. The number of methoxy groups -OCH3 is 1. The lowest BCUT2D eigenvalue weighted by atomic mass is 10.0. The number of aromatic nitrogens is 2. The molecule has 6 aromatic carbocycles. The number of hydrogen-bond donors (Lipinski definition) is 6. The lowest BCUT2D eigenvalue weighted by Gasteiger charge is -2.19. The minimum absolute atomic E-state index is 0.0594. The molecule has 16 heteroatoms. The molecule has 0 saturated heterocycles. The predicted octanol–water partition coefficient (Wildman–Crippen LogP) is 8.63. The molecule has 14 nitrogen and oxygen atoms in total. The number of fused-ring (bicyclic) bond motifs is 2. The molecular formula is C51H46N6O8S2. The average Bonchev–Trinajstić information content (AvgIpc) is 3.34. The Morgan fingerprint density at radius 2 is 1.61 bits per heavy atom. The van der Waals surface area contributed by atoms with Crippen LogP contribution in [0, 0.1) is 6.92 Å². The summed E-state index contributed by atoms with van der Waals surface area (Å²) in [6, 6.07) is 39.9. The number of rotatable bonds is 18. The maximum atomic E-state index is 14.2. The van der Waals surface area contributed by atoms with Crippen LogP contribution in [0.3, 0.4) is 0 Å². The first-order valence-electron chi connectivity index (χ1n) is 21.1. The van der Waals surface area contributed by atoms with Crippen molar-refractivity contribution >= 4 is 73.4 Å². The van der Waals surface area contributed by atoms with Gasteiger partial charge in [-0.2, -0.15) is 0 Å². The van der Waals surface area contributed by atoms with Crippen LogP contribution in [-0.2, 0) is 27.0 Å². The molecule has 340 valence electrons. The van der Waals surface area contributed by atoms with Crippen LogP contribution in [-0.4, -0.2) is 50.4 Å². The standard InChI is InChI=1S/C51H46N6O8S2/c1-31-24-39(27-42-47(31)54-28-43(50(52)59)48(42)55-36-11-7-12-37(26-36)63-2)67(61,62)38-13-6-10-34(25-38)51(60)56-35-16-14-32(15-17-35)22-23-53-29-45(65-66)40-18-20-44(49-41(40)19-21-46(58)57-49)64-30-33-8-4-3-5-9-33/h3-21,24-28,45,53,66H,22-23,29-30H2,1-2H3,(H2,52,59)(H,54,55)(H,56,60)(H,57,58)/t45-/m0/s1. The highest BCUT2D eigenvalue weighted by atomic mass is 32.2. The summed E-state index contributed by atoms with van der Waals surface area (Å²) in [5, 5.41) is 10.7. The van der Waals surface area contributed by atoms with Crippen LogP contribution in [0.4, 0.5) is 17.1 Å². The number of hydrogen-bond acceptors (Lipinski definition) is 12. The van der Waals surface area contributed by atoms with Crippen molar-refractivity contribution in [2.24, 2.45) is 5.73 Å². The molecular weight excluding hydrogens is 889 g/mol. The lowest BCUT2D eigenvalue weighted by molar-refractivity contribution is 0.0998. The number of primary amides is 1. The van der Waals surface area contributed by atoms with Gasteiger partial charge in [0.1, 0.15) is 24.2 Å². The fraction of sp³-hybridized carbons (Fsp3) is 0.137. The molecule has 2 amide bonds. The molecule has 2 aromatic heterocycles. The SMILES string of the molecule is COc1cccc(Nc2c(C(N)=O)cnc3c(C)cc(S(=O)(=O)c4cccc(C(=O)Nc5ccc(CCNC[C@H](OS)c6ccc(OCc7ccccc7)c7[nH]c(=O)ccc67)cc5)c4)cc23)c1. The van der Waals surface area contributed by atoms with E-state index >= 15 is 0 Å². The van der Waals surface area contributed by atoms with Crippen molar-refractivity contribution in [1.82, 2.24) is 15.3 Å². The van der Waals surface area contributed by atoms with E-state index in [0.717, 1.165) is 22.1 Å². The Hall–Kier alpha value is -7.50. The van der Waals surface area contributed by atoms with Crippen LogP contribution in [0.15, 0.2) is 160 Å². The van der Waals surface area contributed by atoms with Gasteiger partial charge in [-0.25, -0.2) is 8.42 Å². The minimum Gasteiger partial charge on any atom is -0.497 e. The van der Waals surface area contributed by atoms with E-state index in [-0.39, 0.29) is 32.2 Å². The first-order chi connectivity index (χ1) is 32.4. The Kier molecular flexibility index (Phi) is 14.0. The van der Waals surface area contributed by atoms with Gasteiger partial charge in [-0.3, -0.25) is 19.4 Å². The van der Waals surface area contributed by atoms with Gasteiger partial charge in [0.15, 0.2) is 0 Å². The molecule has 1 atom stereocenters. The van der Waals surface area contributed by atoms with E-state index in [9.17, 15) is 22.8 Å². The topological polar surface area (TPSA) is 204 Å². The largest absolute Gasteiger partial charge is 0.497 e. The summed E-state index contributed by atoms with van der Waals surface area (Å²) in [6.07, 6.45) is 1.58. The number of aromatic amines is 1. The Morgan fingerprint density at radius 3 is 2.37 bits per heavy atom. The maximum absolute atomic E-state index is 14.2. The fourth-order valence-corrected chi connectivity index (χ4v) is 9.33. The van der Waals surface area contributed by atoms with Crippen LogP contribution < -0.4 is 36.7 Å². The van der Waals surface area contributed by atoms with Crippen LogP contribution in [0.2, 0.25) is 0 Å². The lowest BCUT2D eigenvalue weighted by Crippen LogP contribution is -2.24. The molecule has 0 aliphatic rings. The third-order valence-corrected chi connectivity index (χ3v) is 13.2. The van der Waals surface area contributed by atoms with Crippen LogP contribution in [0.1, 0.15) is 49.1 Å². The second-order valence-electron chi connectivity index (χ2n) is 15.7. The monoisotopic (exact) mass is 934 g/mol. The summed E-state index contributed by atoms with van der Waals surface area (Å²) in [7, 11) is -2.65. The van der Waals surface area contributed by atoms with Crippen molar-refractivity contribution < 1.29 is 31.7 Å². The van der Waals surface area contributed by atoms with Crippen molar-refractivity contribution in [2.75, 3.05) is 30.8 Å². The van der Waals surface area contributed by atoms with Crippen LogP contribution in [0.25, 0.3) is 21.8 Å². The first kappa shape index (κ1) is 46.0. The molecule has 0 aliphatic carbocycles. The molecule has 0 bridgehead atoms.